The second kappa shape index (κ2) is 4.62. The summed E-state index contributed by atoms with van der Waals surface area (Å²) in [7, 11) is 1.59. The molecule has 2 heterocycles. The third-order valence-electron chi connectivity index (χ3n) is 3.59. The van der Waals surface area contributed by atoms with Crippen molar-refractivity contribution >= 4 is 5.97 Å². The van der Waals surface area contributed by atoms with Crippen LogP contribution in [0.4, 0.5) is 0 Å². The van der Waals surface area contributed by atoms with Gasteiger partial charge in [0, 0.05) is 12.6 Å². The lowest BCUT2D eigenvalue weighted by Crippen LogP contribution is -2.17. The monoisotopic (exact) mass is 265 g/mol. The first kappa shape index (κ1) is 12.1. The van der Waals surface area contributed by atoms with Crippen LogP contribution >= 0.6 is 0 Å². The number of aliphatic carboxylic acids is 1. The fourth-order valence-electron chi connectivity index (χ4n) is 2.63. The number of carbonyl (C=O) groups is 1. The molecule has 0 saturated carbocycles. The molecule has 6 nitrogen and oxygen atoms in total. The lowest BCUT2D eigenvalue weighted by molar-refractivity contribution is -0.141. The Kier molecular flexibility index (Phi) is 2.94. The largest absolute Gasteiger partial charge is 0.496 e. The van der Waals surface area contributed by atoms with Gasteiger partial charge in [0.05, 0.1) is 18.6 Å². The average Bonchev–Trinajstić information content (AvgIpc) is 3.06. The highest BCUT2D eigenvalue weighted by Gasteiger charge is 2.35. The molecule has 1 aromatic carbocycles. The van der Waals surface area contributed by atoms with Gasteiger partial charge in [0.2, 0.25) is 6.79 Å². The number of benzene rings is 1. The second-order valence-corrected chi connectivity index (χ2v) is 4.65. The van der Waals surface area contributed by atoms with Crippen LogP contribution in [0.2, 0.25) is 0 Å². The molecule has 102 valence electrons. The predicted molar refractivity (Wildman–Crippen MR) is 65.6 cm³/mol. The third-order valence-corrected chi connectivity index (χ3v) is 3.59. The summed E-state index contributed by atoms with van der Waals surface area (Å²) in [6.45, 7) is 0.637. The fourth-order valence-corrected chi connectivity index (χ4v) is 2.63. The summed E-state index contributed by atoms with van der Waals surface area (Å²) in [6.07, 6.45) is 0.519. The molecule has 2 aliphatic rings. The number of nitrogens with one attached hydrogen (secondary N) is 1. The van der Waals surface area contributed by atoms with E-state index in [9.17, 15) is 4.79 Å². The minimum atomic E-state index is -0.779. The zero-order valence-corrected chi connectivity index (χ0v) is 10.5. The molecule has 1 fully saturated rings. The Bertz CT molecular complexity index is 516. The van der Waals surface area contributed by atoms with E-state index in [4.69, 9.17) is 19.3 Å². The first-order valence-electron chi connectivity index (χ1n) is 6.13. The summed E-state index contributed by atoms with van der Waals surface area (Å²) in [5.41, 5.74) is 0.848. The summed E-state index contributed by atoms with van der Waals surface area (Å²) in [5.74, 6) is 0.860. The van der Waals surface area contributed by atoms with Crippen molar-refractivity contribution in [3.63, 3.8) is 0 Å². The van der Waals surface area contributed by atoms with E-state index in [0.717, 1.165) is 5.56 Å². The van der Waals surface area contributed by atoms with Gasteiger partial charge >= 0.3 is 5.97 Å². The normalized spacial score (nSPS) is 24.5. The molecule has 1 saturated heterocycles. The quantitative estimate of drug-likeness (QED) is 0.854. The molecule has 0 aromatic heterocycles. The molecule has 6 heteroatoms. The maximum absolute atomic E-state index is 11.0. The minimum Gasteiger partial charge on any atom is -0.496 e. The smallest absolute Gasteiger partial charge is 0.307 e. The predicted octanol–water partition coefficient (Wildman–Crippen LogP) is 1.16. The molecule has 2 aliphatic heterocycles. The summed E-state index contributed by atoms with van der Waals surface area (Å²) in [5, 5.41) is 12.3. The molecule has 0 bridgehead atoms. The van der Waals surface area contributed by atoms with Crippen LogP contribution in [-0.2, 0) is 4.79 Å². The summed E-state index contributed by atoms with van der Waals surface area (Å²) in [6, 6.07) is 3.53. The fraction of sp³-hybridized carbons (Fsp3) is 0.462. The zero-order chi connectivity index (χ0) is 13.4. The second-order valence-electron chi connectivity index (χ2n) is 4.65. The number of ether oxygens (including phenoxy) is 3. The molecule has 0 spiro atoms. The van der Waals surface area contributed by atoms with Gasteiger partial charge in [-0.3, -0.25) is 4.79 Å². The molecule has 3 rings (SSSR count). The molecule has 2 atom stereocenters. The zero-order valence-electron chi connectivity index (χ0n) is 10.5. The summed E-state index contributed by atoms with van der Waals surface area (Å²) >= 11 is 0. The van der Waals surface area contributed by atoms with Gasteiger partial charge in [-0.2, -0.15) is 0 Å². The lowest BCUT2D eigenvalue weighted by Gasteiger charge is -2.17. The van der Waals surface area contributed by atoms with Crippen molar-refractivity contribution in [3.8, 4) is 17.2 Å². The highest BCUT2D eigenvalue weighted by Crippen LogP contribution is 2.46. The topological polar surface area (TPSA) is 77.0 Å². The number of carboxylic acid groups (broad SMARTS) is 1. The standard InChI is InChI=1S/C13H15NO5/c1-17-9-2-3-10-12(19-6-18-10)11(9)8-4-7(5-14-8)13(15)16/h2-3,7-8,14H,4-6H2,1H3,(H,15,16). The molecule has 19 heavy (non-hydrogen) atoms. The molecule has 0 radical (unpaired) electrons. The van der Waals surface area contributed by atoms with Gasteiger partial charge in [-0.15, -0.1) is 0 Å². The van der Waals surface area contributed by atoms with Crippen molar-refractivity contribution in [2.24, 2.45) is 5.92 Å². The number of rotatable bonds is 3. The maximum atomic E-state index is 11.0. The van der Waals surface area contributed by atoms with Gasteiger partial charge in [-0.05, 0) is 18.6 Å². The van der Waals surface area contributed by atoms with Gasteiger partial charge in [0.15, 0.2) is 11.5 Å². The number of fused-ring (bicyclic) bond motifs is 1. The third kappa shape index (κ3) is 1.98. The van der Waals surface area contributed by atoms with E-state index in [1.807, 2.05) is 6.07 Å². The number of methoxy groups -OCH3 is 1. The highest BCUT2D eigenvalue weighted by atomic mass is 16.7. The van der Waals surface area contributed by atoms with Gasteiger partial charge < -0.3 is 24.6 Å². The van der Waals surface area contributed by atoms with Crippen molar-refractivity contribution in [1.82, 2.24) is 5.32 Å². The van der Waals surface area contributed by atoms with Crippen molar-refractivity contribution in [2.45, 2.75) is 12.5 Å². The van der Waals surface area contributed by atoms with Crippen LogP contribution in [0, 0.1) is 5.92 Å². The Morgan fingerprint density at radius 3 is 3.00 bits per heavy atom. The van der Waals surface area contributed by atoms with Crippen LogP contribution in [0.25, 0.3) is 0 Å². The molecule has 2 unspecified atom stereocenters. The molecular weight excluding hydrogens is 250 g/mol. The van der Waals surface area contributed by atoms with Crippen LogP contribution < -0.4 is 19.5 Å². The summed E-state index contributed by atoms with van der Waals surface area (Å²) < 4.78 is 16.2. The molecule has 0 amide bonds. The molecule has 1 aromatic rings. The van der Waals surface area contributed by atoms with E-state index < -0.39 is 5.97 Å². The van der Waals surface area contributed by atoms with Crippen LogP contribution in [0.15, 0.2) is 12.1 Å². The van der Waals surface area contributed by atoms with Crippen LogP contribution in [-0.4, -0.2) is 31.5 Å². The number of hydrogen-bond donors (Lipinski definition) is 2. The Hall–Kier alpha value is -1.95. The van der Waals surface area contributed by atoms with Crippen LogP contribution in [0.1, 0.15) is 18.0 Å². The van der Waals surface area contributed by atoms with Gasteiger partial charge in [-0.1, -0.05) is 0 Å². The van der Waals surface area contributed by atoms with Gasteiger partial charge in [0.1, 0.15) is 5.75 Å². The van der Waals surface area contributed by atoms with E-state index >= 15 is 0 Å². The average molecular weight is 265 g/mol. The first-order chi connectivity index (χ1) is 9.20. The van der Waals surface area contributed by atoms with Gasteiger partial charge in [-0.25, -0.2) is 0 Å². The van der Waals surface area contributed by atoms with Gasteiger partial charge in [0.25, 0.3) is 0 Å². The van der Waals surface area contributed by atoms with Crippen LogP contribution in [0.5, 0.6) is 17.2 Å². The Morgan fingerprint density at radius 1 is 1.47 bits per heavy atom. The van der Waals surface area contributed by atoms with E-state index in [2.05, 4.69) is 5.32 Å². The van der Waals surface area contributed by atoms with E-state index in [1.165, 1.54) is 0 Å². The minimum absolute atomic E-state index is 0.0901. The SMILES string of the molecule is COc1ccc2c(c1C1CC(C(=O)O)CN1)OCO2. The maximum Gasteiger partial charge on any atom is 0.307 e. The Morgan fingerprint density at radius 2 is 2.32 bits per heavy atom. The lowest BCUT2D eigenvalue weighted by atomic mass is 9.98. The van der Waals surface area contributed by atoms with E-state index in [1.54, 1.807) is 13.2 Å². The molecule has 2 N–H and O–H groups in total. The Balaban J connectivity index is 1.96. The summed E-state index contributed by atoms with van der Waals surface area (Å²) in [4.78, 5) is 11.0. The van der Waals surface area contributed by atoms with E-state index in [-0.39, 0.29) is 18.8 Å². The van der Waals surface area contributed by atoms with Crippen molar-refractivity contribution in [1.29, 1.82) is 0 Å². The van der Waals surface area contributed by atoms with Crippen molar-refractivity contribution in [3.05, 3.63) is 17.7 Å². The number of hydrogen-bond acceptors (Lipinski definition) is 5. The molecule has 0 aliphatic carbocycles. The first-order valence-corrected chi connectivity index (χ1v) is 6.13. The molecular formula is C13H15NO5. The highest BCUT2D eigenvalue weighted by molar-refractivity contribution is 5.71. The Labute approximate surface area is 110 Å². The van der Waals surface area contributed by atoms with E-state index in [0.29, 0.717) is 30.2 Å². The van der Waals surface area contributed by atoms with Crippen LogP contribution in [0.3, 0.4) is 0 Å². The number of carboxylic acids is 1. The van der Waals surface area contributed by atoms with Crippen molar-refractivity contribution in [2.75, 3.05) is 20.4 Å². The van der Waals surface area contributed by atoms with Crippen molar-refractivity contribution < 1.29 is 24.1 Å².